The molecule has 0 spiro atoms. The molecule has 0 bridgehead atoms. The van der Waals surface area contributed by atoms with E-state index in [0.717, 1.165) is 61.9 Å². The van der Waals surface area contributed by atoms with E-state index in [1.807, 2.05) is 43.8 Å². The van der Waals surface area contributed by atoms with Crippen LogP contribution in [0.4, 0.5) is 0 Å². The summed E-state index contributed by atoms with van der Waals surface area (Å²) in [5.41, 5.74) is 2.23. The van der Waals surface area contributed by atoms with Gasteiger partial charge in [0, 0.05) is 37.9 Å². The standard InChI is InChI=1S/C23H29N5O/c1-26-16-24-15-18(26)12-14-27-13-6-11-21(27)22-25-20-10-5-4-9-19(20)23(29)28(22)17-7-2-3-8-17/h4-5,9-10,15-17,21H,2-3,6-8,11-14H2,1H3. The van der Waals surface area contributed by atoms with Crippen LogP contribution in [0, 0.1) is 0 Å². The first-order valence-corrected chi connectivity index (χ1v) is 10.9. The highest BCUT2D eigenvalue weighted by Crippen LogP contribution is 2.36. The van der Waals surface area contributed by atoms with Crippen molar-refractivity contribution < 1.29 is 0 Å². The number of benzene rings is 1. The fourth-order valence-electron chi connectivity index (χ4n) is 5.18. The molecule has 0 radical (unpaired) electrons. The van der Waals surface area contributed by atoms with Crippen molar-refractivity contribution in [2.45, 2.75) is 57.0 Å². The summed E-state index contributed by atoms with van der Waals surface area (Å²) in [6.45, 7) is 2.04. The van der Waals surface area contributed by atoms with Crippen LogP contribution in [-0.2, 0) is 13.5 Å². The quantitative estimate of drug-likeness (QED) is 0.667. The summed E-state index contributed by atoms with van der Waals surface area (Å²) in [4.78, 5) is 25.3. The number of nitrogens with zero attached hydrogens (tertiary/aromatic N) is 5. The molecule has 0 amide bonds. The molecule has 6 heteroatoms. The Morgan fingerprint density at radius 3 is 2.72 bits per heavy atom. The van der Waals surface area contributed by atoms with Crippen molar-refractivity contribution >= 4 is 10.9 Å². The monoisotopic (exact) mass is 391 g/mol. The van der Waals surface area contributed by atoms with Crippen LogP contribution in [-0.4, -0.2) is 37.1 Å². The van der Waals surface area contributed by atoms with Crippen LogP contribution in [0.25, 0.3) is 10.9 Å². The molecule has 2 fully saturated rings. The van der Waals surface area contributed by atoms with Crippen molar-refractivity contribution in [1.29, 1.82) is 0 Å². The normalized spacial score (nSPS) is 20.8. The fourth-order valence-corrected chi connectivity index (χ4v) is 5.18. The van der Waals surface area contributed by atoms with Gasteiger partial charge in [0.05, 0.1) is 23.3 Å². The number of likely N-dealkylation sites (tertiary alicyclic amines) is 1. The van der Waals surface area contributed by atoms with Crippen molar-refractivity contribution in [3.05, 3.63) is 58.7 Å². The molecular formula is C23H29N5O. The second-order valence-corrected chi connectivity index (χ2v) is 8.54. The first-order valence-electron chi connectivity index (χ1n) is 10.9. The van der Waals surface area contributed by atoms with Gasteiger partial charge in [-0.2, -0.15) is 0 Å². The minimum Gasteiger partial charge on any atom is -0.338 e. The van der Waals surface area contributed by atoms with Crippen molar-refractivity contribution in [1.82, 2.24) is 24.0 Å². The maximum Gasteiger partial charge on any atom is 0.261 e. The number of hydrogen-bond acceptors (Lipinski definition) is 4. The molecule has 152 valence electrons. The van der Waals surface area contributed by atoms with E-state index >= 15 is 0 Å². The molecule has 2 aromatic heterocycles. The second-order valence-electron chi connectivity index (χ2n) is 8.54. The second kappa shape index (κ2) is 7.75. The molecule has 2 aliphatic rings. The lowest BCUT2D eigenvalue weighted by atomic mass is 10.1. The van der Waals surface area contributed by atoms with E-state index < -0.39 is 0 Å². The Bertz CT molecular complexity index is 1060. The molecule has 1 aliphatic heterocycles. The van der Waals surface area contributed by atoms with Gasteiger partial charge in [0.1, 0.15) is 5.82 Å². The maximum absolute atomic E-state index is 13.5. The van der Waals surface area contributed by atoms with Gasteiger partial charge in [0.2, 0.25) is 0 Å². The number of imidazole rings is 1. The SMILES string of the molecule is Cn1cncc1CCN1CCCC1c1nc2ccccc2c(=O)n1C1CCCC1. The largest absolute Gasteiger partial charge is 0.338 e. The molecule has 3 aromatic rings. The van der Waals surface area contributed by atoms with E-state index in [1.54, 1.807) is 0 Å². The predicted molar refractivity (Wildman–Crippen MR) is 114 cm³/mol. The van der Waals surface area contributed by atoms with Gasteiger partial charge < -0.3 is 4.57 Å². The molecule has 1 atom stereocenters. The number of rotatable bonds is 5. The summed E-state index contributed by atoms with van der Waals surface area (Å²) >= 11 is 0. The summed E-state index contributed by atoms with van der Waals surface area (Å²) in [5, 5.41) is 0.752. The molecule has 0 N–H and O–H groups in total. The maximum atomic E-state index is 13.5. The number of aryl methyl sites for hydroxylation is 1. The van der Waals surface area contributed by atoms with E-state index in [-0.39, 0.29) is 11.6 Å². The Morgan fingerprint density at radius 1 is 1.10 bits per heavy atom. The highest BCUT2D eigenvalue weighted by Gasteiger charge is 2.32. The average Bonchev–Trinajstić information content (AvgIpc) is 3.48. The topological polar surface area (TPSA) is 56.0 Å². The van der Waals surface area contributed by atoms with Gasteiger partial charge in [-0.25, -0.2) is 9.97 Å². The van der Waals surface area contributed by atoms with Crippen LogP contribution in [0.15, 0.2) is 41.6 Å². The van der Waals surface area contributed by atoms with Crippen LogP contribution in [0.2, 0.25) is 0 Å². The van der Waals surface area contributed by atoms with Crippen molar-refractivity contribution in [2.24, 2.45) is 7.05 Å². The molecule has 29 heavy (non-hydrogen) atoms. The third kappa shape index (κ3) is 3.39. The average molecular weight is 392 g/mol. The first-order chi connectivity index (χ1) is 14.2. The fraction of sp³-hybridized carbons (Fsp3) is 0.522. The molecule has 1 aliphatic carbocycles. The van der Waals surface area contributed by atoms with E-state index in [1.165, 1.54) is 18.5 Å². The lowest BCUT2D eigenvalue weighted by Gasteiger charge is -2.28. The first kappa shape index (κ1) is 18.6. The minimum atomic E-state index is 0.149. The lowest BCUT2D eigenvalue weighted by molar-refractivity contribution is 0.238. The molecular weight excluding hydrogens is 362 g/mol. The highest BCUT2D eigenvalue weighted by molar-refractivity contribution is 5.77. The van der Waals surface area contributed by atoms with Gasteiger partial charge in [-0.05, 0) is 44.4 Å². The molecule has 1 aromatic carbocycles. The van der Waals surface area contributed by atoms with E-state index in [4.69, 9.17) is 4.98 Å². The molecule has 1 saturated heterocycles. The van der Waals surface area contributed by atoms with Crippen LogP contribution in [0.1, 0.15) is 62.1 Å². The molecule has 1 unspecified atom stereocenters. The Morgan fingerprint density at radius 2 is 1.93 bits per heavy atom. The molecule has 6 nitrogen and oxygen atoms in total. The van der Waals surface area contributed by atoms with Gasteiger partial charge in [0.15, 0.2) is 0 Å². The zero-order valence-corrected chi connectivity index (χ0v) is 17.1. The zero-order valence-electron chi connectivity index (χ0n) is 17.1. The Balaban J connectivity index is 1.53. The van der Waals surface area contributed by atoms with E-state index in [0.29, 0.717) is 6.04 Å². The minimum absolute atomic E-state index is 0.149. The zero-order chi connectivity index (χ0) is 19.8. The molecule has 5 rings (SSSR count). The molecule has 3 heterocycles. The van der Waals surface area contributed by atoms with Gasteiger partial charge in [-0.1, -0.05) is 25.0 Å². The Labute approximate surface area is 171 Å². The van der Waals surface area contributed by atoms with Crippen molar-refractivity contribution in [3.8, 4) is 0 Å². The Kier molecular flexibility index (Phi) is 4.96. The van der Waals surface area contributed by atoms with Gasteiger partial charge in [-0.3, -0.25) is 14.3 Å². The van der Waals surface area contributed by atoms with Crippen LogP contribution >= 0.6 is 0 Å². The highest BCUT2D eigenvalue weighted by atomic mass is 16.1. The summed E-state index contributed by atoms with van der Waals surface area (Å²) in [7, 11) is 2.05. The summed E-state index contributed by atoms with van der Waals surface area (Å²) < 4.78 is 4.16. The predicted octanol–water partition coefficient (Wildman–Crippen LogP) is 3.62. The van der Waals surface area contributed by atoms with Crippen molar-refractivity contribution in [2.75, 3.05) is 13.1 Å². The van der Waals surface area contributed by atoms with Crippen LogP contribution in [0.5, 0.6) is 0 Å². The van der Waals surface area contributed by atoms with Gasteiger partial charge >= 0.3 is 0 Å². The Hall–Kier alpha value is -2.47. The number of fused-ring (bicyclic) bond motifs is 1. The number of aromatic nitrogens is 4. The molecule has 1 saturated carbocycles. The summed E-state index contributed by atoms with van der Waals surface area (Å²) in [6, 6.07) is 8.35. The van der Waals surface area contributed by atoms with Gasteiger partial charge in [-0.15, -0.1) is 0 Å². The van der Waals surface area contributed by atoms with E-state index in [9.17, 15) is 4.79 Å². The lowest BCUT2D eigenvalue weighted by Crippen LogP contribution is -2.34. The third-order valence-corrected chi connectivity index (χ3v) is 6.76. The smallest absolute Gasteiger partial charge is 0.261 e. The van der Waals surface area contributed by atoms with Gasteiger partial charge in [0.25, 0.3) is 5.56 Å². The number of hydrogen-bond donors (Lipinski definition) is 0. The van der Waals surface area contributed by atoms with E-state index in [2.05, 4.69) is 19.0 Å². The van der Waals surface area contributed by atoms with Crippen LogP contribution < -0.4 is 5.56 Å². The summed E-state index contributed by atoms with van der Waals surface area (Å²) in [5.74, 6) is 0.989. The number of para-hydroxylation sites is 1. The summed E-state index contributed by atoms with van der Waals surface area (Å²) in [6.07, 6.45) is 11.6. The third-order valence-electron chi connectivity index (χ3n) is 6.76. The van der Waals surface area contributed by atoms with Crippen LogP contribution in [0.3, 0.4) is 0 Å². The van der Waals surface area contributed by atoms with Crippen molar-refractivity contribution in [3.63, 3.8) is 0 Å².